The van der Waals surface area contributed by atoms with Crippen molar-refractivity contribution >= 4 is 6.34 Å². The minimum Gasteiger partial charge on any atom is -0.390 e. The molecule has 0 saturated heterocycles. The third-order valence-corrected chi connectivity index (χ3v) is 1.57. The zero-order valence-electron chi connectivity index (χ0n) is 7.01. The molecule has 0 heterocycles. The van der Waals surface area contributed by atoms with Gasteiger partial charge in [-0.2, -0.15) is 0 Å². The second-order valence-electron chi connectivity index (χ2n) is 2.76. The molecule has 0 spiro atoms. The van der Waals surface area contributed by atoms with Gasteiger partial charge in [0.25, 0.3) is 0 Å². The first-order chi connectivity index (χ1) is 4.81. The van der Waals surface area contributed by atoms with Gasteiger partial charge in [0.05, 0.1) is 6.34 Å². The molecule has 1 atom stereocenters. The second kappa shape index (κ2) is 6.59. The summed E-state index contributed by atoms with van der Waals surface area (Å²) in [4.78, 5) is 3.98. The van der Waals surface area contributed by atoms with Crippen molar-refractivity contribution in [3.63, 3.8) is 0 Å². The lowest BCUT2D eigenvalue weighted by molar-refractivity contribution is 0.517. The van der Waals surface area contributed by atoms with Crippen molar-refractivity contribution in [1.82, 2.24) is 0 Å². The van der Waals surface area contributed by atoms with Crippen LogP contribution in [0.15, 0.2) is 4.99 Å². The Morgan fingerprint density at radius 1 is 1.60 bits per heavy atom. The van der Waals surface area contributed by atoms with Gasteiger partial charge in [0.15, 0.2) is 0 Å². The van der Waals surface area contributed by atoms with Crippen LogP contribution in [-0.4, -0.2) is 12.9 Å². The molecule has 0 aromatic rings. The quantitative estimate of drug-likeness (QED) is 0.461. The lowest BCUT2D eigenvalue weighted by Gasteiger charge is -2.05. The molecule has 0 rings (SSSR count). The van der Waals surface area contributed by atoms with Gasteiger partial charge in [-0.25, -0.2) is 0 Å². The number of hydrogen-bond donors (Lipinski definition) is 1. The third-order valence-electron chi connectivity index (χ3n) is 1.57. The van der Waals surface area contributed by atoms with Crippen LogP contribution in [0.2, 0.25) is 0 Å². The molecule has 60 valence electrons. The van der Waals surface area contributed by atoms with E-state index in [-0.39, 0.29) is 0 Å². The van der Waals surface area contributed by atoms with E-state index in [4.69, 9.17) is 5.73 Å². The van der Waals surface area contributed by atoms with Gasteiger partial charge in [0, 0.05) is 6.54 Å². The van der Waals surface area contributed by atoms with E-state index >= 15 is 0 Å². The molecule has 0 aliphatic heterocycles. The molecule has 0 amide bonds. The highest BCUT2D eigenvalue weighted by Crippen LogP contribution is 2.06. The van der Waals surface area contributed by atoms with Crippen molar-refractivity contribution in [1.29, 1.82) is 0 Å². The van der Waals surface area contributed by atoms with Crippen LogP contribution < -0.4 is 5.73 Å². The fraction of sp³-hybridized carbons (Fsp3) is 0.875. The Morgan fingerprint density at radius 3 is 2.80 bits per heavy atom. The summed E-state index contributed by atoms with van der Waals surface area (Å²) in [7, 11) is 0. The number of hydrogen-bond acceptors (Lipinski definition) is 1. The molecule has 2 nitrogen and oxygen atoms in total. The van der Waals surface area contributed by atoms with Crippen LogP contribution in [0.5, 0.6) is 0 Å². The van der Waals surface area contributed by atoms with Crippen LogP contribution in [0.3, 0.4) is 0 Å². The maximum atomic E-state index is 5.11. The van der Waals surface area contributed by atoms with E-state index in [1.807, 2.05) is 0 Å². The van der Waals surface area contributed by atoms with Crippen LogP contribution in [-0.2, 0) is 0 Å². The standard InChI is InChI=1S/C8H18N2/c1-3-4-5-8(2)6-10-7-9/h7-8H,3-6H2,1-2H3,(H2,9,10). The summed E-state index contributed by atoms with van der Waals surface area (Å²) in [6, 6.07) is 0. The van der Waals surface area contributed by atoms with Gasteiger partial charge in [-0.05, 0) is 12.3 Å². The maximum Gasteiger partial charge on any atom is 0.0797 e. The molecular formula is C8H18N2. The molecule has 10 heavy (non-hydrogen) atoms. The first-order valence-electron chi connectivity index (χ1n) is 4.01. The highest BCUT2D eigenvalue weighted by molar-refractivity contribution is 5.51. The predicted molar refractivity (Wildman–Crippen MR) is 46.2 cm³/mol. The molecule has 0 aliphatic carbocycles. The molecule has 0 aromatic carbocycles. The molecule has 0 radical (unpaired) electrons. The van der Waals surface area contributed by atoms with Crippen LogP contribution in [0.25, 0.3) is 0 Å². The van der Waals surface area contributed by atoms with Gasteiger partial charge >= 0.3 is 0 Å². The van der Waals surface area contributed by atoms with Crippen molar-refractivity contribution < 1.29 is 0 Å². The monoisotopic (exact) mass is 142 g/mol. The molecular weight excluding hydrogens is 124 g/mol. The van der Waals surface area contributed by atoms with E-state index in [0.29, 0.717) is 5.92 Å². The van der Waals surface area contributed by atoms with E-state index in [0.717, 1.165) is 6.54 Å². The van der Waals surface area contributed by atoms with Gasteiger partial charge in [-0.3, -0.25) is 4.99 Å². The van der Waals surface area contributed by atoms with Gasteiger partial charge in [-0.15, -0.1) is 0 Å². The Kier molecular flexibility index (Phi) is 6.24. The van der Waals surface area contributed by atoms with Gasteiger partial charge in [0.2, 0.25) is 0 Å². The molecule has 1 unspecified atom stereocenters. The van der Waals surface area contributed by atoms with E-state index in [1.54, 1.807) is 0 Å². The van der Waals surface area contributed by atoms with Crippen molar-refractivity contribution in [3.05, 3.63) is 0 Å². The van der Waals surface area contributed by atoms with Crippen molar-refractivity contribution in [2.75, 3.05) is 6.54 Å². The van der Waals surface area contributed by atoms with Crippen molar-refractivity contribution in [3.8, 4) is 0 Å². The van der Waals surface area contributed by atoms with Gasteiger partial charge in [0.1, 0.15) is 0 Å². The van der Waals surface area contributed by atoms with E-state index in [1.165, 1.54) is 25.6 Å². The highest BCUT2D eigenvalue weighted by atomic mass is 14.8. The molecule has 2 N–H and O–H groups in total. The summed E-state index contributed by atoms with van der Waals surface area (Å²) in [5, 5.41) is 0. The average Bonchev–Trinajstić information content (AvgIpc) is 1.97. The smallest absolute Gasteiger partial charge is 0.0797 e. The fourth-order valence-corrected chi connectivity index (χ4v) is 0.885. The SMILES string of the molecule is CCCCC(C)C/N=C\N. The molecule has 0 aromatic heterocycles. The molecule has 0 saturated carbocycles. The van der Waals surface area contributed by atoms with Crippen LogP contribution >= 0.6 is 0 Å². The first-order valence-corrected chi connectivity index (χ1v) is 4.01. The minimum absolute atomic E-state index is 0.694. The molecule has 2 heteroatoms. The lowest BCUT2D eigenvalue weighted by Crippen LogP contribution is -2.01. The van der Waals surface area contributed by atoms with Gasteiger partial charge in [-0.1, -0.05) is 26.7 Å². The zero-order chi connectivity index (χ0) is 7.82. The van der Waals surface area contributed by atoms with Gasteiger partial charge < -0.3 is 5.73 Å². The largest absolute Gasteiger partial charge is 0.390 e. The highest BCUT2D eigenvalue weighted by Gasteiger charge is 1.97. The Hall–Kier alpha value is -0.530. The van der Waals surface area contributed by atoms with Crippen LogP contribution in [0.4, 0.5) is 0 Å². The van der Waals surface area contributed by atoms with E-state index in [9.17, 15) is 0 Å². The number of nitrogens with zero attached hydrogens (tertiary/aromatic N) is 1. The number of rotatable bonds is 5. The van der Waals surface area contributed by atoms with E-state index < -0.39 is 0 Å². The molecule has 0 bridgehead atoms. The average molecular weight is 142 g/mol. The molecule has 0 fully saturated rings. The number of aliphatic imine (C=N–C) groups is 1. The predicted octanol–water partition coefficient (Wildman–Crippen LogP) is 1.80. The summed E-state index contributed by atoms with van der Waals surface area (Å²) in [6.45, 7) is 5.30. The zero-order valence-corrected chi connectivity index (χ0v) is 7.01. The normalized spacial score (nSPS) is 14.2. The summed E-state index contributed by atoms with van der Waals surface area (Å²) in [5.74, 6) is 0.694. The summed E-state index contributed by atoms with van der Waals surface area (Å²) in [6.07, 6.45) is 5.24. The van der Waals surface area contributed by atoms with Crippen LogP contribution in [0.1, 0.15) is 33.1 Å². The summed E-state index contributed by atoms with van der Waals surface area (Å²) in [5.41, 5.74) is 5.11. The topological polar surface area (TPSA) is 38.4 Å². The Balaban J connectivity index is 3.16. The first kappa shape index (κ1) is 9.47. The third kappa shape index (κ3) is 5.60. The Morgan fingerprint density at radius 2 is 2.30 bits per heavy atom. The van der Waals surface area contributed by atoms with E-state index in [2.05, 4.69) is 18.8 Å². The Labute approximate surface area is 63.5 Å². The van der Waals surface area contributed by atoms with Crippen molar-refractivity contribution in [2.45, 2.75) is 33.1 Å². The fourth-order valence-electron chi connectivity index (χ4n) is 0.885. The summed E-state index contributed by atoms with van der Waals surface area (Å²) >= 11 is 0. The second-order valence-corrected chi connectivity index (χ2v) is 2.76. The minimum atomic E-state index is 0.694. The van der Waals surface area contributed by atoms with Crippen molar-refractivity contribution in [2.24, 2.45) is 16.6 Å². The number of nitrogens with two attached hydrogens (primary N) is 1. The summed E-state index contributed by atoms with van der Waals surface area (Å²) < 4.78 is 0. The lowest BCUT2D eigenvalue weighted by atomic mass is 10.1. The molecule has 0 aliphatic rings. The number of unbranched alkanes of at least 4 members (excludes halogenated alkanes) is 1. The maximum absolute atomic E-state index is 5.11. The van der Waals surface area contributed by atoms with Crippen LogP contribution in [0, 0.1) is 5.92 Å². The Bertz CT molecular complexity index is 89.3.